The molecular formula is C12H19N3O3S. The summed E-state index contributed by atoms with van der Waals surface area (Å²) in [5.74, 6) is -0.429. The van der Waals surface area contributed by atoms with Gasteiger partial charge in [-0.1, -0.05) is 6.07 Å². The highest BCUT2D eigenvalue weighted by Crippen LogP contribution is 2.18. The molecule has 0 fully saturated rings. The van der Waals surface area contributed by atoms with Crippen LogP contribution in [0.4, 0.5) is 11.4 Å². The summed E-state index contributed by atoms with van der Waals surface area (Å²) < 4.78 is 24.1. The molecule has 0 aromatic heterocycles. The smallest absolute Gasteiger partial charge is 0.239 e. The van der Waals surface area contributed by atoms with Crippen molar-refractivity contribution in [2.75, 3.05) is 30.4 Å². The first kappa shape index (κ1) is 15.5. The molecular weight excluding hydrogens is 266 g/mol. The van der Waals surface area contributed by atoms with E-state index in [1.807, 2.05) is 6.92 Å². The van der Waals surface area contributed by atoms with E-state index >= 15 is 0 Å². The third-order valence-electron chi connectivity index (χ3n) is 2.74. The van der Waals surface area contributed by atoms with Gasteiger partial charge in [0.2, 0.25) is 15.9 Å². The Morgan fingerprint density at radius 1 is 1.42 bits per heavy atom. The molecule has 1 aromatic rings. The van der Waals surface area contributed by atoms with Gasteiger partial charge in [-0.25, -0.2) is 8.42 Å². The van der Waals surface area contributed by atoms with Crippen molar-refractivity contribution >= 4 is 27.3 Å². The van der Waals surface area contributed by atoms with E-state index in [-0.39, 0.29) is 12.3 Å². The Balaban J connectivity index is 2.73. The summed E-state index contributed by atoms with van der Waals surface area (Å²) in [6.45, 7) is 3.15. The van der Waals surface area contributed by atoms with Crippen LogP contribution in [0, 0.1) is 6.92 Å². The molecule has 0 radical (unpaired) electrons. The van der Waals surface area contributed by atoms with Gasteiger partial charge in [-0.2, -0.15) is 4.31 Å². The van der Waals surface area contributed by atoms with Crippen LogP contribution in [0.1, 0.15) is 12.5 Å². The van der Waals surface area contributed by atoms with Crippen molar-refractivity contribution in [2.24, 2.45) is 0 Å². The number of benzene rings is 1. The van der Waals surface area contributed by atoms with E-state index in [4.69, 9.17) is 5.73 Å². The molecule has 0 aliphatic carbocycles. The lowest BCUT2D eigenvalue weighted by atomic mass is 10.2. The Bertz CT molecular complexity index is 570. The fourth-order valence-corrected chi connectivity index (χ4v) is 2.24. The monoisotopic (exact) mass is 285 g/mol. The zero-order valence-electron chi connectivity index (χ0n) is 11.3. The van der Waals surface area contributed by atoms with Crippen molar-refractivity contribution in [2.45, 2.75) is 13.8 Å². The van der Waals surface area contributed by atoms with Gasteiger partial charge in [0, 0.05) is 18.4 Å². The number of nitrogens with two attached hydrogens (primary N) is 1. The molecule has 0 aliphatic rings. The number of anilines is 2. The van der Waals surface area contributed by atoms with E-state index in [1.54, 1.807) is 18.2 Å². The average molecular weight is 285 g/mol. The first-order chi connectivity index (χ1) is 8.76. The number of amides is 1. The lowest BCUT2D eigenvalue weighted by Crippen LogP contribution is -2.35. The van der Waals surface area contributed by atoms with Gasteiger partial charge in [0.15, 0.2) is 0 Å². The minimum atomic E-state index is -3.36. The number of nitrogens with one attached hydrogen (secondary N) is 1. The molecule has 7 heteroatoms. The highest BCUT2D eigenvalue weighted by molar-refractivity contribution is 7.89. The van der Waals surface area contributed by atoms with Crippen LogP contribution < -0.4 is 11.1 Å². The van der Waals surface area contributed by atoms with Crippen LogP contribution in [0.5, 0.6) is 0 Å². The minimum absolute atomic E-state index is 0.0336. The Morgan fingerprint density at radius 2 is 2.05 bits per heavy atom. The molecule has 106 valence electrons. The maximum atomic E-state index is 11.8. The van der Waals surface area contributed by atoms with Crippen LogP contribution in [-0.2, 0) is 14.8 Å². The normalized spacial score (nSPS) is 11.6. The average Bonchev–Trinajstić information content (AvgIpc) is 2.33. The summed E-state index contributed by atoms with van der Waals surface area (Å²) in [5, 5.41) is 2.65. The van der Waals surface area contributed by atoms with Crippen molar-refractivity contribution in [1.82, 2.24) is 4.31 Å². The zero-order valence-corrected chi connectivity index (χ0v) is 12.1. The number of aryl methyl sites for hydroxylation is 1. The van der Waals surface area contributed by atoms with Crippen LogP contribution >= 0.6 is 0 Å². The van der Waals surface area contributed by atoms with E-state index in [0.717, 1.165) is 9.87 Å². The maximum Gasteiger partial charge on any atom is 0.239 e. The SMILES string of the molecule is CCS(=O)(=O)N(C)CC(=O)Nc1cc(N)ccc1C. The summed E-state index contributed by atoms with van der Waals surface area (Å²) in [7, 11) is -1.98. The number of hydrogen-bond donors (Lipinski definition) is 2. The molecule has 0 atom stereocenters. The number of sulfonamides is 1. The van der Waals surface area contributed by atoms with Crippen LogP contribution in [-0.4, -0.2) is 38.0 Å². The minimum Gasteiger partial charge on any atom is -0.399 e. The molecule has 0 heterocycles. The second-order valence-electron chi connectivity index (χ2n) is 4.28. The van der Waals surface area contributed by atoms with Gasteiger partial charge in [0.1, 0.15) is 0 Å². The summed E-state index contributed by atoms with van der Waals surface area (Å²) in [6.07, 6.45) is 0. The molecule has 1 rings (SSSR count). The summed E-state index contributed by atoms with van der Waals surface area (Å²) in [5.41, 5.74) is 7.63. The molecule has 0 aliphatic heterocycles. The van der Waals surface area contributed by atoms with Crippen LogP contribution in [0.3, 0.4) is 0 Å². The highest BCUT2D eigenvalue weighted by atomic mass is 32.2. The van der Waals surface area contributed by atoms with E-state index < -0.39 is 15.9 Å². The number of nitrogen functional groups attached to an aromatic ring is 1. The number of likely N-dealkylation sites (N-methyl/N-ethyl adjacent to an activating group) is 1. The van der Waals surface area contributed by atoms with Crippen molar-refractivity contribution in [3.05, 3.63) is 23.8 Å². The lowest BCUT2D eigenvalue weighted by Gasteiger charge is -2.16. The van der Waals surface area contributed by atoms with Crippen molar-refractivity contribution in [3.63, 3.8) is 0 Å². The molecule has 0 spiro atoms. The predicted molar refractivity (Wildman–Crippen MR) is 76.3 cm³/mol. The molecule has 3 N–H and O–H groups in total. The highest BCUT2D eigenvalue weighted by Gasteiger charge is 2.18. The third kappa shape index (κ3) is 4.22. The Labute approximate surface area is 113 Å². The fraction of sp³-hybridized carbons (Fsp3) is 0.417. The first-order valence-electron chi connectivity index (χ1n) is 5.86. The van der Waals surface area contributed by atoms with Crippen molar-refractivity contribution in [3.8, 4) is 0 Å². The predicted octanol–water partition coefficient (Wildman–Crippen LogP) is 0.797. The first-order valence-corrected chi connectivity index (χ1v) is 7.47. The number of nitrogens with zero attached hydrogens (tertiary/aromatic N) is 1. The van der Waals surface area contributed by atoms with Crippen LogP contribution in [0.25, 0.3) is 0 Å². The fourth-order valence-electron chi connectivity index (χ4n) is 1.48. The van der Waals surface area contributed by atoms with E-state index in [0.29, 0.717) is 11.4 Å². The van der Waals surface area contributed by atoms with Gasteiger partial charge in [0.25, 0.3) is 0 Å². The zero-order chi connectivity index (χ0) is 14.6. The molecule has 0 unspecified atom stereocenters. The van der Waals surface area contributed by atoms with Gasteiger partial charge in [0.05, 0.1) is 12.3 Å². The number of carbonyl (C=O) groups is 1. The maximum absolute atomic E-state index is 11.8. The number of rotatable bonds is 5. The molecule has 19 heavy (non-hydrogen) atoms. The van der Waals surface area contributed by atoms with E-state index in [9.17, 15) is 13.2 Å². The van der Waals surface area contributed by atoms with Crippen LogP contribution in [0.2, 0.25) is 0 Å². The Hall–Kier alpha value is -1.60. The largest absolute Gasteiger partial charge is 0.399 e. The van der Waals surface area contributed by atoms with Gasteiger partial charge >= 0.3 is 0 Å². The topological polar surface area (TPSA) is 92.5 Å². The second kappa shape index (κ2) is 6.03. The second-order valence-corrected chi connectivity index (χ2v) is 6.64. The summed E-state index contributed by atoms with van der Waals surface area (Å²) >= 11 is 0. The molecule has 0 saturated carbocycles. The molecule has 1 amide bonds. The standard InChI is InChI=1S/C12H19N3O3S/c1-4-19(17,18)15(3)8-12(16)14-11-7-10(13)6-5-9(11)2/h5-7H,4,8,13H2,1-3H3,(H,14,16). The Morgan fingerprint density at radius 3 is 2.63 bits per heavy atom. The van der Waals surface area contributed by atoms with Crippen molar-refractivity contribution < 1.29 is 13.2 Å². The Kier molecular flexibility index (Phi) is 4.90. The van der Waals surface area contributed by atoms with Crippen molar-refractivity contribution in [1.29, 1.82) is 0 Å². The molecule has 1 aromatic carbocycles. The van der Waals surface area contributed by atoms with Gasteiger partial charge in [-0.05, 0) is 31.5 Å². The molecule has 0 bridgehead atoms. The van der Waals surface area contributed by atoms with Gasteiger partial charge < -0.3 is 11.1 Å². The molecule has 0 saturated heterocycles. The molecule has 6 nitrogen and oxygen atoms in total. The third-order valence-corrected chi connectivity index (χ3v) is 4.55. The van der Waals surface area contributed by atoms with Gasteiger partial charge in [-0.15, -0.1) is 0 Å². The van der Waals surface area contributed by atoms with Crippen LogP contribution in [0.15, 0.2) is 18.2 Å². The van der Waals surface area contributed by atoms with E-state index in [1.165, 1.54) is 14.0 Å². The number of carbonyl (C=O) groups excluding carboxylic acids is 1. The van der Waals surface area contributed by atoms with E-state index in [2.05, 4.69) is 5.32 Å². The quantitative estimate of drug-likeness (QED) is 0.783. The summed E-state index contributed by atoms with van der Waals surface area (Å²) in [4.78, 5) is 11.8. The lowest BCUT2D eigenvalue weighted by molar-refractivity contribution is -0.116. The van der Waals surface area contributed by atoms with Gasteiger partial charge in [-0.3, -0.25) is 4.79 Å². The summed E-state index contributed by atoms with van der Waals surface area (Å²) in [6, 6.07) is 5.16. The number of hydrogen-bond acceptors (Lipinski definition) is 4.